The molecule has 0 saturated carbocycles. The summed E-state index contributed by atoms with van der Waals surface area (Å²) in [6, 6.07) is -2.75. The maximum absolute atomic E-state index is 11.8. The number of rotatable bonds is 6. The summed E-state index contributed by atoms with van der Waals surface area (Å²) in [6.07, 6.45) is 0. The molecule has 10 heteroatoms. The first-order valence-electron chi connectivity index (χ1n) is 10.5. The summed E-state index contributed by atoms with van der Waals surface area (Å²) in [5, 5.41) is 32.0. The minimum absolute atomic E-state index is 0.0947. The summed E-state index contributed by atoms with van der Waals surface area (Å²) < 4.78 is 0. The molecule has 0 aliphatic carbocycles. The van der Waals surface area contributed by atoms with Crippen LogP contribution in [0.2, 0.25) is 0 Å². The van der Waals surface area contributed by atoms with E-state index in [-0.39, 0.29) is 18.1 Å². The predicted molar refractivity (Wildman–Crippen MR) is 113 cm³/mol. The van der Waals surface area contributed by atoms with Crippen LogP contribution in [-0.4, -0.2) is 117 Å². The van der Waals surface area contributed by atoms with Gasteiger partial charge in [-0.2, -0.15) is 0 Å². The van der Waals surface area contributed by atoms with Crippen LogP contribution in [0.25, 0.3) is 0 Å². The fourth-order valence-electron chi connectivity index (χ4n) is 4.12. The number of hydrogen-bond acceptors (Lipinski definition) is 7. The molecule has 1 aliphatic heterocycles. The van der Waals surface area contributed by atoms with E-state index < -0.39 is 36.0 Å². The lowest BCUT2D eigenvalue weighted by Gasteiger charge is -2.43. The topological polar surface area (TPSA) is 134 Å². The number of nitrogens with one attached hydrogen (secondary N) is 1. The van der Waals surface area contributed by atoms with Crippen LogP contribution in [0.5, 0.6) is 0 Å². The van der Waals surface area contributed by atoms with Crippen molar-refractivity contribution in [1.82, 2.24) is 20.0 Å². The minimum Gasteiger partial charge on any atom is -0.480 e. The van der Waals surface area contributed by atoms with E-state index in [1.807, 2.05) is 35.5 Å². The van der Waals surface area contributed by atoms with Crippen molar-refractivity contribution >= 4 is 17.9 Å². The van der Waals surface area contributed by atoms with E-state index in [2.05, 4.69) is 5.32 Å². The monoisotopic (exact) mass is 430 g/mol. The second-order valence-electron chi connectivity index (χ2n) is 8.43. The lowest BCUT2D eigenvalue weighted by Crippen LogP contribution is -2.60. The third-order valence-corrected chi connectivity index (χ3v) is 6.20. The zero-order valence-corrected chi connectivity index (χ0v) is 18.9. The summed E-state index contributed by atoms with van der Waals surface area (Å²) in [5.74, 6) is -2.81. The molecule has 1 saturated heterocycles. The molecule has 0 bridgehead atoms. The Morgan fingerprint density at radius 3 is 1.53 bits per heavy atom. The Hall–Kier alpha value is -1.75. The Kier molecular flexibility index (Phi) is 10.2. The third-order valence-electron chi connectivity index (χ3n) is 6.20. The van der Waals surface area contributed by atoms with Gasteiger partial charge in [0.15, 0.2) is 0 Å². The predicted octanol–water partition coefficient (Wildman–Crippen LogP) is 0.0804. The molecule has 0 aromatic carbocycles. The fraction of sp³-hybridized carbons (Fsp3) is 0.850. The van der Waals surface area contributed by atoms with Crippen LogP contribution in [0.15, 0.2) is 0 Å². The maximum Gasteiger partial charge on any atom is 0.320 e. The number of carboxylic acids is 3. The Balaban J connectivity index is 3.26. The highest BCUT2D eigenvalue weighted by Gasteiger charge is 2.35. The van der Waals surface area contributed by atoms with Gasteiger partial charge in [-0.3, -0.25) is 29.1 Å². The van der Waals surface area contributed by atoms with Crippen LogP contribution in [-0.2, 0) is 14.4 Å². The molecular formula is C20H38N4O6. The molecule has 1 heterocycles. The largest absolute Gasteiger partial charge is 0.480 e. The SMILES string of the molecule is C[C@H](C(=O)O)N1CCNC[C@H](C)N([C@H](C)C(=O)O)C[C@H](C)N([C@H](C)C(=O)O)C[C@@H]1C. The average molecular weight is 431 g/mol. The summed E-state index contributed by atoms with van der Waals surface area (Å²) in [6.45, 7) is 12.9. The lowest BCUT2D eigenvalue weighted by molar-refractivity contribution is -0.148. The molecule has 30 heavy (non-hydrogen) atoms. The van der Waals surface area contributed by atoms with Gasteiger partial charge in [0.1, 0.15) is 18.1 Å². The first-order chi connectivity index (χ1) is 13.9. The molecule has 0 aromatic heterocycles. The van der Waals surface area contributed by atoms with Gasteiger partial charge in [0.25, 0.3) is 0 Å². The molecule has 1 fully saturated rings. The number of carbonyl (C=O) groups is 3. The molecule has 1 aliphatic rings. The molecule has 0 unspecified atom stereocenters. The number of aliphatic carboxylic acids is 3. The number of carboxylic acid groups (broad SMARTS) is 3. The number of nitrogens with zero attached hydrogens (tertiary/aromatic N) is 3. The van der Waals surface area contributed by atoms with Gasteiger partial charge in [-0.25, -0.2) is 0 Å². The second-order valence-corrected chi connectivity index (χ2v) is 8.43. The minimum atomic E-state index is -0.966. The van der Waals surface area contributed by atoms with Gasteiger partial charge in [-0.05, 0) is 41.5 Å². The first kappa shape index (κ1) is 26.3. The molecule has 174 valence electrons. The highest BCUT2D eigenvalue weighted by molar-refractivity contribution is 5.74. The van der Waals surface area contributed by atoms with Crippen molar-refractivity contribution in [3.63, 3.8) is 0 Å². The first-order valence-corrected chi connectivity index (χ1v) is 10.5. The van der Waals surface area contributed by atoms with Crippen molar-refractivity contribution in [2.75, 3.05) is 32.7 Å². The van der Waals surface area contributed by atoms with E-state index in [1.165, 1.54) is 0 Å². The second kappa shape index (κ2) is 11.6. The van der Waals surface area contributed by atoms with Crippen molar-refractivity contribution in [2.45, 2.75) is 77.8 Å². The molecule has 0 radical (unpaired) electrons. The van der Waals surface area contributed by atoms with Gasteiger partial charge in [0.05, 0.1) is 0 Å². The van der Waals surface area contributed by atoms with Gasteiger partial charge < -0.3 is 20.6 Å². The fourth-order valence-corrected chi connectivity index (χ4v) is 4.12. The Bertz CT molecular complexity index is 604. The number of hydrogen-bond donors (Lipinski definition) is 4. The van der Waals surface area contributed by atoms with Crippen LogP contribution in [0, 0.1) is 0 Å². The van der Waals surface area contributed by atoms with Crippen molar-refractivity contribution in [3.05, 3.63) is 0 Å². The van der Waals surface area contributed by atoms with Crippen LogP contribution >= 0.6 is 0 Å². The lowest BCUT2D eigenvalue weighted by atomic mass is 10.1. The highest BCUT2D eigenvalue weighted by atomic mass is 16.4. The maximum atomic E-state index is 11.8. The van der Waals surface area contributed by atoms with Crippen LogP contribution in [0.3, 0.4) is 0 Å². The highest BCUT2D eigenvalue weighted by Crippen LogP contribution is 2.17. The van der Waals surface area contributed by atoms with Crippen molar-refractivity contribution in [1.29, 1.82) is 0 Å². The van der Waals surface area contributed by atoms with E-state index in [1.54, 1.807) is 20.8 Å². The molecule has 0 spiro atoms. The van der Waals surface area contributed by atoms with Gasteiger partial charge in [-0.15, -0.1) is 0 Å². The average Bonchev–Trinajstić information content (AvgIpc) is 2.66. The zero-order chi connectivity index (χ0) is 23.2. The Labute approximate surface area is 178 Å². The van der Waals surface area contributed by atoms with Gasteiger partial charge in [0, 0.05) is 50.8 Å². The summed E-state index contributed by atoms with van der Waals surface area (Å²) in [4.78, 5) is 40.6. The zero-order valence-electron chi connectivity index (χ0n) is 18.9. The van der Waals surface area contributed by atoms with Crippen LogP contribution in [0.4, 0.5) is 0 Å². The molecule has 1 rings (SSSR count). The van der Waals surface area contributed by atoms with Gasteiger partial charge in [-0.1, -0.05) is 0 Å². The normalized spacial score (nSPS) is 29.2. The van der Waals surface area contributed by atoms with E-state index in [4.69, 9.17) is 0 Å². The van der Waals surface area contributed by atoms with Crippen molar-refractivity contribution < 1.29 is 29.7 Å². The Morgan fingerprint density at radius 1 is 0.733 bits per heavy atom. The molecular weight excluding hydrogens is 392 g/mol. The molecule has 6 atom stereocenters. The quantitative estimate of drug-likeness (QED) is 0.459. The van der Waals surface area contributed by atoms with E-state index in [0.29, 0.717) is 32.7 Å². The standard InChI is InChI=1S/C20H38N4O6/c1-12-9-21-7-8-22(15(4)18(25)26)13(2)10-24(17(6)20(29)30)14(3)11-23(12)16(5)19(27)28/h12-17,21H,7-11H2,1-6H3,(H,25,26)(H,27,28)(H,29,30)/t12-,13-,14-,15+,16+,17+/m0/s1. The van der Waals surface area contributed by atoms with Gasteiger partial charge in [0.2, 0.25) is 0 Å². The summed E-state index contributed by atoms with van der Waals surface area (Å²) >= 11 is 0. The van der Waals surface area contributed by atoms with E-state index >= 15 is 0 Å². The Morgan fingerprint density at radius 2 is 1.10 bits per heavy atom. The molecule has 0 amide bonds. The summed E-state index contributed by atoms with van der Waals surface area (Å²) in [7, 11) is 0. The van der Waals surface area contributed by atoms with E-state index in [0.717, 1.165) is 0 Å². The smallest absolute Gasteiger partial charge is 0.320 e. The van der Waals surface area contributed by atoms with Crippen LogP contribution < -0.4 is 5.32 Å². The van der Waals surface area contributed by atoms with Crippen LogP contribution in [0.1, 0.15) is 41.5 Å². The van der Waals surface area contributed by atoms with Gasteiger partial charge >= 0.3 is 17.9 Å². The summed E-state index contributed by atoms with van der Waals surface area (Å²) in [5.41, 5.74) is 0. The molecule has 10 nitrogen and oxygen atoms in total. The molecule has 4 N–H and O–H groups in total. The van der Waals surface area contributed by atoms with E-state index in [9.17, 15) is 29.7 Å². The molecule has 0 aromatic rings. The van der Waals surface area contributed by atoms with Crippen molar-refractivity contribution in [3.8, 4) is 0 Å². The van der Waals surface area contributed by atoms with Crippen molar-refractivity contribution in [2.24, 2.45) is 0 Å². The third kappa shape index (κ3) is 6.90.